The fraction of sp³-hybridized carbons (Fsp3) is 0.0417. The Balaban J connectivity index is 1.61. The van der Waals surface area contributed by atoms with Crippen LogP contribution in [0.25, 0.3) is 17.5 Å². The van der Waals surface area contributed by atoms with Gasteiger partial charge >= 0.3 is 5.97 Å². The van der Waals surface area contributed by atoms with Gasteiger partial charge in [0.15, 0.2) is 5.82 Å². The summed E-state index contributed by atoms with van der Waals surface area (Å²) in [6.07, 6.45) is 1.59. The van der Waals surface area contributed by atoms with Crippen molar-refractivity contribution in [2.24, 2.45) is 0 Å². The van der Waals surface area contributed by atoms with Gasteiger partial charge in [0.25, 0.3) is 0 Å². The number of halogens is 3. The smallest absolute Gasteiger partial charge is 0.342 e. The van der Waals surface area contributed by atoms with Gasteiger partial charge in [-0.2, -0.15) is 0 Å². The number of carbonyl (C=O) groups is 1. The van der Waals surface area contributed by atoms with Crippen LogP contribution in [0.4, 0.5) is 0 Å². The Labute approximate surface area is 232 Å². The average molecular weight is 716 g/mol. The summed E-state index contributed by atoms with van der Waals surface area (Å²) in [5, 5.41) is 17.8. The lowest BCUT2D eigenvalue weighted by molar-refractivity contribution is -0.131. The molecule has 2 N–H and O–H groups in total. The van der Waals surface area contributed by atoms with Crippen molar-refractivity contribution in [3.05, 3.63) is 94.9 Å². The molecule has 0 unspecified atom stereocenters. The molecule has 10 heteroatoms. The number of carboxylic acids is 1. The Bertz CT molecular complexity index is 1350. The average Bonchev–Trinajstić information content (AvgIpc) is 3.27. The second-order valence-electron chi connectivity index (χ2n) is 6.97. The molecule has 4 aromatic rings. The van der Waals surface area contributed by atoms with E-state index in [1.54, 1.807) is 18.2 Å². The molecule has 0 saturated carbocycles. The molecular formula is C24H16ClI2N3O3S. The fourth-order valence-corrected chi connectivity index (χ4v) is 5.84. The highest BCUT2D eigenvalue weighted by Crippen LogP contribution is 2.34. The second kappa shape index (κ2) is 11.6. The summed E-state index contributed by atoms with van der Waals surface area (Å²) in [6.45, 7) is 0.374. The van der Waals surface area contributed by atoms with Gasteiger partial charge < -0.3 is 9.84 Å². The topological polar surface area (TPSA) is 88.1 Å². The summed E-state index contributed by atoms with van der Waals surface area (Å²) in [7, 11) is 0. The number of benzene rings is 3. The SMILES string of the molecule is O=C(O)/C(=C/c1cc(I)cc(I)c1OCc1ccccc1)Sc1n[nH]c(-c2ccc(Cl)cc2)n1. The molecule has 1 heterocycles. The standard InChI is InChI=1S/C24H16ClI2N3O3S/c25-17-8-6-15(7-9-17)22-28-24(30-29-22)34-20(23(31)32)11-16-10-18(26)12-19(27)21(16)33-13-14-4-2-1-3-5-14/h1-12H,13H2,(H,31,32)(H,28,29,30)/b20-11-. The number of aromatic nitrogens is 3. The number of rotatable bonds is 8. The summed E-state index contributed by atoms with van der Waals surface area (Å²) in [4.78, 5) is 16.6. The van der Waals surface area contributed by atoms with E-state index in [0.717, 1.165) is 30.0 Å². The molecule has 0 aliphatic carbocycles. The number of aliphatic carboxylic acids is 1. The van der Waals surface area contributed by atoms with Gasteiger partial charge in [0.2, 0.25) is 5.16 Å². The fourth-order valence-electron chi connectivity index (χ4n) is 2.97. The van der Waals surface area contributed by atoms with Gasteiger partial charge in [-0.3, -0.25) is 5.10 Å². The van der Waals surface area contributed by atoms with Crippen molar-refractivity contribution in [2.75, 3.05) is 0 Å². The van der Waals surface area contributed by atoms with Crippen molar-refractivity contribution in [1.82, 2.24) is 15.2 Å². The summed E-state index contributed by atoms with van der Waals surface area (Å²) >= 11 is 11.3. The second-order valence-corrected chi connectivity index (χ2v) is 10.8. The van der Waals surface area contributed by atoms with E-state index < -0.39 is 5.97 Å². The van der Waals surface area contributed by atoms with Crippen LogP contribution in [0.2, 0.25) is 5.02 Å². The van der Waals surface area contributed by atoms with Crippen molar-refractivity contribution in [2.45, 2.75) is 11.8 Å². The third-order valence-electron chi connectivity index (χ3n) is 4.54. The minimum atomic E-state index is -1.08. The van der Waals surface area contributed by atoms with Gasteiger partial charge in [-0.05, 0) is 105 Å². The summed E-state index contributed by atoms with van der Waals surface area (Å²) in [5.74, 6) is 0.0753. The largest absolute Gasteiger partial charge is 0.487 e. The zero-order chi connectivity index (χ0) is 24.1. The quantitative estimate of drug-likeness (QED) is 0.115. The molecule has 0 amide bonds. The summed E-state index contributed by atoms with van der Waals surface area (Å²) < 4.78 is 7.97. The molecule has 172 valence electrons. The Morgan fingerprint density at radius 1 is 1.12 bits per heavy atom. The van der Waals surface area contributed by atoms with Crippen LogP contribution in [-0.2, 0) is 11.4 Å². The number of thioether (sulfide) groups is 1. The van der Waals surface area contributed by atoms with Crippen LogP contribution in [0.5, 0.6) is 5.75 Å². The zero-order valence-electron chi connectivity index (χ0n) is 17.3. The van der Waals surface area contributed by atoms with Crippen LogP contribution in [0.15, 0.2) is 76.8 Å². The lowest BCUT2D eigenvalue weighted by Gasteiger charge is -2.13. The van der Waals surface area contributed by atoms with Crippen molar-refractivity contribution >= 4 is 80.6 Å². The van der Waals surface area contributed by atoms with Crippen molar-refractivity contribution in [3.8, 4) is 17.1 Å². The molecule has 0 radical (unpaired) electrons. The number of ether oxygens (including phenoxy) is 1. The highest BCUT2D eigenvalue weighted by atomic mass is 127. The van der Waals surface area contributed by atoms with Gasteiger partial charge in [0.05, 0.1) is 3.57 Å². The first kappa shape index (κ1) is 25.0. The van der Waals surface area contributed by atoms with Gasteiger partial charge in [0, 0.05) is 19.7 Å². The molecule has 0 atom stereocenters. The Hall–Kier alpha value is -2.09. The molecule has 3 aromatic carbocycles. The number of nitrogens with zero attached hydrogens (tertiary/aromatic N) is 2. The van der Waals surface area contributed by atoms with E-state index in [2.05, 4.69) is 60.4 Å². The molecule has 6 nitrogen and oxygen atoms in total. The van der Waals surface area contributed by atoms with Crippen molar-refractivity contribution < 1.29 is 14.6 Å². The number of H-pyrrole nitrogens is 1. The number of nitrogens with one attached hydrogen (secondary N) is 1. The van der Waals surface area contributed by atoms with E-state index in [0.29, 0.717) is 33.9 Å². The molecule has 0 aliphatic rings. The molecule has 0 bridgehead atoms. The molecule has 0 spiro atoms. The Kier molecular flexibility index (Phi) is 8.51. The lowest BCUT2D eigenvalue weighted by atomic mass is 10.2. The molecule has 34 heavy (non-hydrogen) atoms. The first-order chi connectivity index (χ1) is 16.4. The maximum absolute atomic E-state index is 12.1. The normalized spacial score (nSPS) is 11.4. The zero-order valence-corrected chi connectivity index (χ0v) is 23.2. The molecule has 0 saturated heterocycles. The van der Waals surface area contributed by atoms with Gasteiger partial charge in [-0.15, -0.1) is 5.10 Å². The third kappa shape index (κ3) is 6.52. The van der Waals surface area contributed by atoms with Crippen LogP contribution >= 0.6 is 68.5 Å². The van der Waals surface area contributed by atoms with E-state index in [-0.39, 0.29) is 4.91 Å². The van der Waals surface area contributed by atoms with Crippen LogP contribution in [-0.4, -0.2) is 26.3 Å². The van der Waals surface area contributed by atoms with Crippen LogP contribution in [0, 0.1) is 7.14 Å². The maximum atomic E-state index is 12.1. The van der Waals surface area contributed by atoms with E-state index in [9.17, 15) is 9.90 Å². The maximum Gasteiger partial charge on any atom is 0.342 e. The van der Waals surface area contributed by atoms with Crippen LogP contribution < -0.4 is 4.74 Å². The lowest BCUT2D eigenvalue weighted by Crippen LogP contribution is -2.01. The minimum absolute atomic E-state index is 0.0732. The summed E-state index contributed by atoms with van der Waals surface area (Å²) in [6, 6.07) is 20.8. The van der Waals surface area contributed by atoms with E-state index in [4.69, 9.17) is 16.3 Å². The van der Waals surface area contributed by atoms with Gasteiger partial charge in [-0.1, -0.05) is 41.9 Å². The van der Waals surface area contributed by atoms with E-state index in [1.807, 2.05) is 54.6 Å². The van der Waals surface area contributed by atoms with Gasteiger partial charge in [0.1, 0.15) is 17.3 Å². The molecule has 0 fully saturated rings. The Morgan fingerprint density at radius 2 is 1.85 bits per heavy atom. The predicted octanol–water partition coefficient (Wildman–Crippen LogP) is 7.13. The van der Waals surface area contributed by atoms with Gasteiger partial charge in [-0.25, -0.2) is 9.78 Å². The first-order valence-electron chi connectivity index (χ1n) is 9.86. The molecule has 1 aromatic heterocycles. The Morgan fingerprint density at radius 3 is 2.56 bits per heavy atom. The van der Waals surface area contributed by atoms with Crippen molar-refractivity contribution in [3.63, 3.8) is 0 Å². The highest BCUT2D eigenvalue weighted by Gasteiger charge is 2.17. The predicted molar refractivity (Wildman–Crippen MR) is 151 cm³/mol. The number of hydrogen-bond donors (Lipinski definition) is 2. The summed E-state index contributed by atoms with van der Waals surface area (Å²) in [5.41, 5.74) is 2.49. The number of carboxylic acid groups (broad SMARTS) is 1. The van der Waals surface area contributed by atoms with Crippen LogP contribution in [0.1, 0.15) is 11.1 Å². The van der Waals surface area contributed by atoms with Crippen LogP contribution in [0.3, 0.4) is 0 Å². The van der Waals surface area contributed by atoms with Crippen molar-refractivity contribution in [1.29, 1.82) is 0 Å². The minimum Gasteiger partial charge on any atom is -0.487 e. The highest BCUT2D eigenvalue weighted by molar-refractivity contribution is 14.1. The molecule has 0 aliphatic heterocycles. The monoisotopic (exact) mass is 715 g/mol. The molecular weight excluding hydrogens is 700 g/mol. The van der Waals surface area contributed by atoms with E-state index in [1.165, 1.54) is 0 Å². The first-order valence-corrected chi connectivity index (χ1v) is 13.2. The molecule has 4 rings (SSSR count). The third-order valence-corrected chi connectivity index (χ3v) is 7.10. The van der Waals surface area contributed by atoms with E-state index >= 15 is 0 Å². The number of hydrogen-bond acceptors (Lipinski definition) is 5. The number of aromatic amines is 1.